The Hall–Kier alpha value is -2.82. The number of hydrogen-bond donors (Lipinski definition) is 2. The minimum absolute atomic E-state index is 0.119. The third-order valence-corrected chi connectivity index (χ3v) is 4.06. The summed E-state index contributed by atoms with van der Waals surface area (Å²) in [5, 5.41) is 12.0. The highest BCUT2D eigenvalue weighted by Crippen LogP contribution is 2.18. The van der Waals surface area contributed by atoms with Gasteiger partial charge in [0.2, 0.25) is 5.91 Å². The minimum atomic E-state index is -0.934. The average Bonchev–Trinajstić information content (AvgIpc) is 2.56. The van der Waals surface area contributed by atoms with E-state index in [1.54, 1.807) is 13.2 Å². The molecule has 0 spiro atoms. The van der Waals surface area contributed by atoms with Crippen molar-refractivity contribution in [3.05, 3.63) is 65.2 Å². The molecule has 0 saturated carbocycles. The first-order valence-corrected chi connectivity index (χ1v) is 8.17. The number of nitrogens with one attached hydrogen (secondary N) is 1. The van der Waals surface area contributed by atoms with Gasteiger partial charge in [-0.15, -0.1) is 0 Å². The third kappa shape index (κ3) is 5.64. The number of hydrogen-bond acceptors (Lipinski definition) is 3. The number of aliphatic carboxylic acids is 1. The molecule has 5 heteroatoms. The zero-order valence-electron chi connectivity index (χ0n) is 14.5. The molecule has 1 unspecified atom stereocenters. The van der Waals surface area contributed by atoms with E-state index in [0.717, 1.165) is 16.7 Å². The highest BCUT2D eigenvalue weighted by molar-refractivity contribution is 5.80. The maximum atomic E-state index is 12.4. The minimum Gasteiger partial charge on any atom is -0.496 e. The molecule has 132 valence electrons. The summed E-state index contributed by atoms with van der Waals surface area (Å²) in [5.41, 5.74) is 2.88. The van der Waals surface area contributed by atoms with Crippen LogP contribution < -0.4 is 10.1 Å². The Kier molecular flexibility index (Phi) is 6.57. The van der Waals surface area contributed by atoms with Crippen LogP contribution >= 0.6 is 0 Å². The molecule has 0 aliphatic heterocycles. The fraction of sp³-hybridized carbons (Fsp3) is 0.300. The second-order valence-corrected chi connectivity index (χ2v) is 5.98. The molecular weight excluding hydrogens is 318 g/mol. The smallest absolute Gasteiger partial charge is 0.305 e. The number of benzene rings is 2. The summed E-state index contributed by atoms with van der Waals surface area (Å²) in [5.74, 6) is -0.508. The van der Waals surface area contributed by atoms with Crippen molar-refractivity contribution in [1.29, 1.82) is 0 Å². The lowest BCUT2D eigenvalue weighted by molar-refractivity contribution is -0.137. The Morgan fingerprint density at radius 2 is 1.72 bits per heavy atom. The van der Waals surface area contributed by atoms with Gasteiger partial charge in [-0.05, 0) is 30.5 Å². The van der Waals surface area contributed by atoms with Crippen molar-refractivity contribution in [3.63, 3.8) is 0 Å². The summed E-state index contributed by atoms with van der Waals surface area (Å²) in [6.45, 7) is 1.98. The van der Waals surface area contributed by atoms with E-state index in [0.29, 0.717) is 12.2 Å². The lowest BCUT2D eigenvalue weighted by Gasteiger charge is -2.18. The number of methoxy groups -OCH3 is 1. The lowest BCUT2D eigenvalue weighted by Crippen LogP contribution is -2.39. The first kappa shape index (κ1) is 18.5. The van der Waals surface area contributed by atoms with Crippen molar-refractivity contribution in [2.24, 2.45) is 0 Å². The Labute approximate surface area is 147 Å². The van der Waals surface area contributed by atoms with E-state index >= 15 is 0 Å². The SMILES string of the molecule is COc1ccccc1CC(=O)NC(CC(=O)O)Cc1ccccc1C. The fourth-order valence-corrected chi connectivity index (χ4v) is 2.79. The molecule has 2 aromatic carbocycles. The number of aryl methyl sites for hydroxylation is 1. The largest absolute Gasteiger partial charge is 0.496 e. The van der Waals surface area contributed by atoms with Crippen LogP contribution in [0.5, 0.6) is 5.75 Å². The van der Waals surface area contributed by atoms with Gasteiger partial charge < -0.3 is 15.2 Å². The normalized spacial score (nSPS) is 11.6. The topological polar surface area (TPSA) is 75.6 Å². The number of ether oxygens (including phenoxy) is 1. The number of carbonyl (C=O) groups is 2. The van der Waals surface area contributed by atoms with Gasteiger partial charge in [-0.1, -0.05) is 42.5 Å². The summed E-state index contributed by atoms with van der Waals surface area (Å²) in [7, 11) is 1.56. The molecule has 2 aromatic rings. The van der Waals surface area contributed by atoms with Crippen molar-refractivity contribution >= 4 is 11.9 Å². The molecule has 0 aliphatic carbocycles. The summed E-state index contributed by atoms with van der Waals surface area (Å²) in [4.78, 5) is 23.5. The molecule has 2 N–H and O–H groups in total. The molecule has 0 bridgehead atoms. The van der Waals surface area contributed by atoms with Crippen LogP contribution in [0.25, 0.3) is 0 Å². The first-order valence-electron chi connectivity index (χ1n) is 8.17. The van der Waals surface area contributed by atoms with E-state index in [1.165, 1.54) is 0 Å². The van der Waals surface area contributed by atoms with Crippen LogP contribution in [0.2, 0.25) is 0 Å². The average molecular weight is 341 g/mol. The monoisotopic (exact) mass is 341 g/mol. The van der Waals surface area contributed by atoms with Crippen LogP contribution in [0.4, 0.5) is 0 Å². The predicted octanol–water partition coefficient (Wildman–Crippen LogP) is 2.75. The van der Waals surface area contributed by atoms with Crippen LogP contribution in [0.15, 0.2) is 48.5 Å². The van der Waals surface area contributed by atoms with E-state index in [1.807, 2.05) is 49.4 Å². The number of para-hydroxylation sites is 1. The molecule has 1 amide bonds. The van der Waals surface area contributed by atoms with Crippen LogP contribution in [-0.4, -0.2) is 30.1 Å². The van der Waals surface area contributed by atoms with Crippen LogP contribution in [-0.2, 0) is 22.4 Å². The van der Waals surface area contributed by atoms with Gasteiger partial charge in [0.1, 0.15) is 5.75 Å². The Morgan fingerprint density at radius 3 is 2.36 bits per heavy atom. The van der Waals surface area contributed by atoms with E-state index < -0.39 is 12.0 Å². The molecule has 0 radical (unpaired) electrons. The highest BCUT2D eigenvalue weighted by atomic mass is 16.5. The van der Waals surface area contributed by atoms with Gasteiger partial charge in [0.25, 0.3) is 0 Å². The van der Waals surface area contributed by atoms with Gasteiger partial charge in [-0.25, -0.2) is 0 Å². The number of rotatable bonds is 8. The second-order valence-electron chi connectivity index (χ2n) is 5.98. The summed E-state index contributed by atoms with van der Waals surface area (Å²) in [6.07, 6.45) is 0.510. The molecule has 0 aromatic heterocycles. The van der Waals surface area contributed by atoms with Gasteiger partial charge in [0, 0.05) is 11.6 Å². The zero-order valence-corrected chi connectivity index (χ0v) is 14.5. The van der Waals surface area contributed by atoms with Crippen molar-refractivity contribution in [3.8, 4) is 5.75 Å². The molecular formula is C20H23NO4. The van der Waals surface area contributed by atoms with Gasteiger partial charge in [0.15, 0.2) is 0 Å². The maximum Gasteiger partial charge on any atom is 0.305 e. The standard InChI is InChI=1S/C20H23NO4/c1-14-7-3-4-8-15(14)11-17(13-20(23)24)21-19(22)12-16-9-5-6-10-18(16)25-2/h3-10,17H,11-13H2,1-2H3,(H,21,22)(H,23,24). The number of carboxylic acids is 1. The number of carbonyl (C=O) groups excluding carboxylic acids is 1. The summed E-state index contributed by atoms with van der Waals surface area (Å²) in [6, 6.07) is 14.6. The number of amides is 1. The Morgan fingerprint density at radius 1 is 1.08 bits per heavy atom. The summed E-state index contributed by atoms with van der Waals surface area (Å²) >= 11 is 0. The van der Waals surface area contributed by atoms with E-state index in [4.69, 9.17) is 9.84 Å². The van der Waals surface area contributed by atoms with Crippen molar-refractivity contribution in [2.75, 3.05) is 7.11 Å². The lowest BCUT2D eigenvalue weighted by atomic mass is 9.99. The predicted molar refractivity (Wildman–Crippen MR) is 95.8 cm³/mol. The molecule has 0 fully saturated rings. The molecule has 2 rings (SSSR count). The molecule has 0 aliphatic rings. The Balaban J connectivity index is 2.07. The molecule has 1 atom stereocenters. The van der Waals surface area contributed by atoms with Crippen LogP contribution in [0.1, 0.15) is 23.1 Å². The molecule has 0 heterocycles. The maximum absolute atomic E-state index is 12.4. The van der Waals surface area contributed by atoms with Gasteiger partial charge in [-0.3, -0.25) is 9.59 Å². The second kappa shape index (κ2) is 8.87. The highest BCUT2D eigenvalue weighted by Gasteiger charge is 2.18. The third-order valence-electron chi connectivity index (χ3n) is 4.06. The van der Waals surface area contributed by atoms with Crippen LogP contribution in [0.3, 0.4) is 0 Å². The fourth-order valence-electron chi connectivity index (χ4n) is 2.79. The van der Waals surface area contributed by atoms with E-state index in [-0.39, 0.29) is 18.7 Å². The molecule has 5 nitrogen and oxygen atoms in total. The first-order chi connectivity index (χ1) is 12.0. The van der Waals surface area contributed by atoms with Gasteiger partial charge >= 0.3 is 5.97 Å². The van der Waals surface area contributed by atoms with Crippen molar-refractivity contribution in [1.82, 2.24) is 5.32 Å². The molecule has 25 heavy (non-hydrogen) atoms. The van der Waals surface area contributed by atoms with Gasteiger partial charge in [0.05, 0.1) is 20.0 Å². The zero-order chi connectivity index (χ0) is 18.2. The Bertz CT molecular complexity index is 742. The summed E-state index contributed by atoms with van der Waals surface area (Å²) < 4.78 is 5.25. The van der Waals surface area contributed by atoms with Crippen molar-refractivity contribution < 1.29 is 19.4 Å². The van der Waals surface area contributed by atoms with E-state index in [9.17, 15) is 9.59 Å². The van der Waals surface area contributed by atoms with E-state index in [2.05, 4.69) is 5.32 Å². The number of carboxylic acid groups (broad SMARTS) is 1. The van der Waals surface area contributed by atoms with Gasteiger partial charge in [-0.2, -0.15) is 0 Å². The quantitative estimate of drug-likeness (QED) is 0.774. The van der Waals surface area contributed by atoms with Crippen molar-refractivity contribution in [2.45, 2.75) is 32.2 Å². The van der Waals surface area contributed by atoms with Crippen LogP contribution in [0, 0.1) is 6.92 Å². The molecule has 0 saturated heterocycles.